The summed E-state index contributed by atoms with van der Waals surface area (Å²) in [5, 5.41) is 22.8. The highest BCUT2D eigenvalue weighted by molar-refractivity contribution is 6.07. The average Bonchev–Trinajstić information content (AvgIpc) is 3.41. The minimum Gasteiger partial charge on any atom is -0.480 e. The van der Waals surface area contributed by atoms with Crippen LogP contribution in [-0.2, 0) is 17.8 Å². The summed E-state index contributed by atoms with van der Waals surface area (Å²) in [7, 11) is 0. The number of aromatic nitrogens is 4. The summed E-state index contributed by atoms with van der Waals surface area (Å²) in [6, 6.07) is 10.3. The van der Waals surface area contributed by atoms with Crippen LogP contribution in [0, 0.1) is 0 Å². The smallest absolute Gasteiger partial charge is 0.328 e. The molecule has 2 heterocycles. The number of amides is 2. The Balaban J connectivity index is 1.68. The molecule has 1 unspecified atom stereocenters. The van der Waals surface area contributed by atoms with Crippen molar-refractivity contribution in [3.63, 3.8) is 0 Å². The Bertz CT molecular complexity index is 1070. The van der Waals surface area contributed by atoms with Gasteiger partial charge in [0.05, 0.1) is 5.69 Å². The average molecular weight is 424 g/mol. The van der Waals surface area contributed by atoms with E-state index in [4.69, 9.17) is 5.11 Å². The minimum absolute atomic E-state index is 0.0350. The van der Waals surface area contributed by atoms with Crippen LogP contribution in [0.4, 0.5) is 5.69 Å². The summed E-state index contributed by atoms with van der Waals surface area (Å²) in [5.41, 5.74) is 1.49. The standard InChI is InChI=1S/C21H24N6O4/c1-3-26-13-17(23-19(28)16-10-12-27(24-16)14(2)21(30)31)18(25-26)20(29)22-11-9-15-7-5-4-6-8-15/h4-8,10,12-14H,3,9,11H2,1-2H3,(H,22,29)(H,23,28)(H,30,31). The van der Waals surface area contributed by atoms with Crippen LogP contribution in [0.1, 0.15) is 46.4 Å². The Morgan fingerprint density at radius 2 is 1.84 bits per heavy atom. The van der Waals surface area contributed by atoms with Gasteiger partial charge in [-0.2, -0.15) is 10.2 Å². The molecule has 0 saturated heterocycles. The molecular weight excluding hydrogens is 400 g/mol. The minimum atomic E-state index is -1.06. The van der Waals surface area contributed by atoms with Crippen LogP contribution >= 0.6 is 0 Å². The lowest BCUT2D eigenvalue weighted by Gasteiger charge is -2.07. The van der Waals surface area contributed by atoms with E-state index in [9.17, 15) is 14.4 Å². The first-order valence-corrected chi connectivity index (χ1v) is 9.88. The molecular formula is C21H24N6O4. The predicted octanol–water partition coefficient (Wildman–Crippen LogP) is 1.97. The van der Waals surface area contributed by atoms with E-state index in [2.05, 4.69) is 20.8 Å². The Labute approximate surface area is 178 Å². The summed E-state index contributed by atoms with van der Waals surface area (Å²) in [6.07, 6.45) is 3.66. The van der Waals surface area contributed by atoms with Gasteiger partial charge in [0.15, 0.2) is 11.4 Å². The number of carboxylic acid groups (broad SMARTS) is 1. The fraction of sp³-hybridized carbons (Fsp3) is 0.286. The third-order valence-electron chi connectivity index (χ3n) is 4.69. The number of carboxylic acids is 1. The maximum Gasteiger partial charge on any atom is 0.328 e. The van der Waals surface area contributed by atoms with Crippen LogP contribution < -0.4 is 10.6 Å². The number of hydrogen-bond donors (Lipinski definition) is 3. The van der Waals surface area contributed by atoms with Gasteiger partial charge >= 0.3 is 5.97 Å². The van der Waals surface area contributed by atoms with Crippen molar-refractivity contribution in [2.75, 3.05) is 11.9 Å². The fourth-order valence-electron chi connectivity index (χ4n) is 2.87. The molecule has 1 atom stereocenters. The van der Waals surface area contributed by atoms with Gasteiger partial charge in [-0.3, -0.25) is 19.0 Å². The zero-order chi connectivity index (χ0) is 22.4. The molecule has 10 heteroatoms. The van der Waals surface area contributed by atoms with E-state index in [-0.39, 0.29) is 17.1 Å². The van der Waals surface area contributed by atoms with Gasteiger partial charge in [0.2, 0.25) is 0 Å². The van der Waals surface area contributed by atoms with Gasteiger partial charge in [0.25, 0.3) is 11.8 Å². The first-order chi connectivity index (χ1) is 14.9. The number of carbonyl (C=O) groups is 3. The maximum absolute atomic E-state index is 12.6. The van der Waals surface area contributed by atoms with E-state index in [1.807, 2.05) is 37.3 Å². The lowest BCUT2D eigenvalue weighted by atomic mass is 10.1. The molecule has 0 saturated carbocycles. The normalized spacial score (nSPS) is 11.7. The summed E-state index contributed by atoms with van der Waals surface area (Å²) < 4.78 is 2.73. The SMILES string of the molecule is CCn1cc(NC(=O)c2ccn(C(C)C(=O)O)n2)c(C(=O)NCCc2ccccc2)n1. The van der Waals surface area contributed by atoms with E-state index in [0.717, 1.165) is 5.56 Å². The van der Waals surface area contributed by atoms with Gasteiger partial charge in [0.1, 0.15) is 6.04 Å². The highest BCUT2D eigenvalue weighted by Gasteiger charge is 2.21. The molecule has 0 spiro atoms. The zero-order valence-electron chi connectivity index (χ0n) is 17.3. The van der Waals surface area contributed by atoms with Gasteiger partial charge in [-0.25, -0.2) is 4.79 Å². The first-order valence-electron chi connectivity index (χ1n) is 9.88. The highest BCUT2D eigenvalue weighted by Crippen LogP contribution is 2.16. The van der Waals surface area contributed by atoms with Crippen molar-refractivity contribution in [2.24, 2.45) is 0 Å². The molecule has 0 bridgehead atoms. The van der Waals surface area contributed by atoms with Crippen molar-refractivity contribution in [3.05, 3.63) is 65.7 Å². The topological polar surface area (TPSA) is 131 Å². The largest absolute Gasteiger partial charge is 0.480 e. The first kappa shape index (κ1) is 21.8. The van der Waals surface area contributed by atoms with Crippen LogP contribution in [0.25, 0.3) is 0 Å². The molecule has 31 heavy (non-hydrogen) atoms. The number of benzene rings is 1. The summed E-state index contributed by atoms with van der Waals surface area (Å²) in [4.78, 5) is 36.3. The summed E-state index contributed by atoms with van der Waals surface area (Å²) in [6.45, 7) is 4.27. The summed E-state index contributed by atoms with van der Waals surface area (Å²) in [5.74, 6) is -2.03. The quantitative estimate of drug-likeness (QED) is 0.481. The van der Waals surface area contributed by atoms with E-state index in [1.54, 1.807) is 10.9 Å². The van der Waals surface area contributed by atoms with Gasteiger partial charge in [0, 0.05) is 25.5 Å². The molecule has 0 aliphatic carbocycles. The second kappa shape index (κ2) is 9.70. The van der Waals surface area contributed by atoms with Crippen LogP contribution in [-0.4, -0.2) is 49.0 Å². The number of anilines is 1. The van der Waals surface area contributed by atoms with Crippen molar-refractivity contribution in [1.29, 1.82) is 0 Å². The molecule has 0 radical (unpaired) electrons. The molecule has 1 aromatic carbocycles. The Morgan fingerprint density at radius 1 is 1.10 bits per heavy atom. The molecule has 0 fully saturated rings. The molecule has 2 aromatic heterocycles. The second-order valence-corrected chi connectivity index (χ2v) is 6.89. The predicted molar refractivity (Wildman–Crippen MR) is 113 cm³/mol. The lowest BCUT2D eigenvalue weighted by molar-refractivity contribution is -0.140. The number of rotatable bonds is 9. The van der Waals surface area contributed by atoms with Gasteiger partial charge < -0.3 is 15.7 Å². The number of nitrogens with zero attached hydrogens (tertiary/aromatic N) is 4. The monoisotopic (exact) mass is 424 g/mol. The molecule has 3 aromatic rings. The van der Waals surface area contributed by atoms with Crippen LogP contribution in [0.15, 0.2) is 48.8 Å². The molecule has 10 nitrogen and oxygen atoms in total. The molecule has 0 aliphatic rings. The van der Waals surface area contributed by atoms with Gasteiger partial charge in [-0.1, -0.05) is 30.3 Å². The van der Waals surface area contributed by atoms with Crippen molar-refractivity contribution in [3.8, 4) is 0 Å². The zero-order valence-corrected chi connectivity index (χ0v) is 17.3. The number of aryl methyl sites for hydroxylation is 1. The van der Waals surface area contributed by atoms with Gasteiger partial charge in [-0.05, 0) is 31.9 Å². The number of carbonyl (C=O) groups excluding carboxylic acids is 2. The van der Waals surface area contributed by atoms with Gasteiger partial charge in [-0.15, -0.1) is 0 Å². The number of hydrogen-bond acceptors (Lipinski definition) is 5. The van der Waals surface area contributed by atoms with E-state index in [0.29, 0.717) is 19.5 Å². The van der Waals surface area contributed by atoms with Crippen molar-refractivity contribution < 1.29 is 19.5 Å². The fourth-order valence-corrected chi connectivity index (χ4v) is 2.87. The molecule has 2 amide bonds. The Hall–Kier alpha value is -3.95. The van der Waals surface area contributed by atoms with E-state index < -0.39 is 23.8 Å². The molecule has 3 N–H and O–H groups in total. The Kier molecular flexibility index (Phi) is 6.81. The molecule has 3 rings (SSSR count). The van der Waals surface area contributed by atoms with Crippen LogP contribution in [0.3, 0.4) is 0 Å². The number of nitrogens with one attached hydrogen (secondary N) is 2. The van der Waals surface area contributed by atoms with Crippen molar-refractivity contribution >= 4 is 23.5 Å². The van der Waals surface area contributed by atoms with Crippen LogP contribution in [0.5, 0.6) is 0 Å². The van der Waals surface area contributed by atoms with Crippen molar-refractivity contribution in [2.45, 2.75) is 32.9 Å². The summed E-state index contributed by atoms with van der Waals surface area (Å²) >= 11 is 0. The highest BCUT2D eigenvalue weighted by atomic mass is 16.4. The Morgan fingerprint density at radius 3 is 2.52 bits per heavy atom. The third-order valence-corrected chi connectivity index (χ3v) is 4.69. The van der Waals surface area contributed by atoms with E-state index >= 15 is 0 Å². The maximum atomic E-state index is 12.6. The third kappa shape index (κ3) is 5.35. The second-order valence-electron chi connectivity index (χ2n) is 6.89. The molecule has 162 valence electrons. The van der Waals surface area contributed by atoms with Crippen molar-refractivity contribution in [1.82, 2.24) is 24.9 Å². The van der Waals surface area contributed by atoms with Crippen LogP contribution in [0.2, 0.25) is 0 Å². The number of aliphatic carboxylic acids is 1. The van der Waals surface area contributed by atoms with E-state index in [1.165, 1.54) is 23.9 Å². The lowest BCUT2D eigenvalue weighted by Crippen LogP contribution is -2.27. The molecule has 0 aliphatic heterocycles.